The van der Waals surface area contributed by atoms with Crippen molar-refractivity contribution in [1.29, 1.82) is 0 Å². The van der Waals surface area contributed by atoms with Crippen LogP contribution >= 0.6 is 12.4 Å². The summed E-state index contributed by atoms with van der Waals surface area (Å²) in [6.45, 7) is 3.66. The highest BCUT2D eigenvalue weighted by atomic mass is 35.5. The van der Waals surface area contributed by atoms with Crippen molar-refractivity contribution in [3.8, 4) is 5.75 Å². The van der Waals surface area contributed by atoms with E-state index in [0.717, 1.165) is 16.9 Å². The van der Waals surface area contributed by atoms with Gasteiger partial charge in [-0.25, -0.2) is 4.79 Å². The largest absolute Gasteiger partial charge is 0.496 e. The van der Waals surface area contributed by atoms with E-state index in [9.17, 15) is 4.79 Å². The van der Waals surface area contributed by atoms with Gasteiger partial charge in [-0.15, -0.1) is 12.4 Å². The van der Waals surface area contributed by atoms with E-state index in [0.29, 0.717) is 5.56 Å². The van der Waals surface area contributed by atoms with Crippen LogP contribution in [0.1, 0.15) is 21.5 Å². The van der Waals surface area contributed by atoms with Gasteiger partial charge < -0.3 is 9.84 Å². The minimum absolute atomic E-state index is 0. The molecule has 0 bridgehead atoms. The molecule has 0 unspecified atom stereocenters. The monoisotopic (exact) mass is 216 g/mol. The van der Waals surface area contributed by atoms with Gasteiger partial charge in [0.05, 0.1) is 12.7 Å². The molecule has 0 saturated heterocycles. The van der Waals surface area contributed by atoms with Gasteiger partial charge in [-0.2, -0.15) is 0 Å². The van der Waals surface area contributed by atoms with Crippen molar-refractivity contribution < 1.29 is 14.6 Å². The molecule has 0 fully saturated rings. The zero-order valence-corrected chi connectivity index (χ0v) is 9.14. The first kappa shape index (κ1) is 12.8. The average molecular weight is 217 g/mol. The number of rotatable bonds is 2. The predicted octanol–water partition coefficient (Wildman–Crippen LogP) is 2.43. The first-order valence-electron chi connectivity index (χ1n) is 3.94. The van der Waals surface area contributed by atoms with E-state index in [-0.39, 0.29) is 12.4 Å². The number of carboxylic acids is 1. The van der Waals surface area contributed by atoms with Gasteiger partial charge in [0, 0.05) is 0 Å². The highest BCUT2D eigenvalue weighted by Gasteiger charge is 2.08. The second-order valence-electron chi connectivity index (χ2n) is 2.95. The molecule has 0 atom stereocenters. The summed E-state index contributed by atoms with van der Waals surface area (Å²) < 4.78 is 5.12. The van der Waals surface area contributed by atoms with Gasteiger partial charge in [0.2, 0.25) is 0 Å². The number of hydrogen-bond donors (Lipinski definition) is 1. The van der Waals surface area contributed by atoms with Crippen LogP contribution in [-0.4, -0.2) is 18.2 Å². The number of carboxylic acid groups (broad SMARTS) is 1. The zero-order chi connectivity index (χ0) is 10.0. The summed E-state index contributed by atoms with van der Waals surface area (Å²) in [4.78, 5) is 10.7. The molecule has 14 heavy (non-hydrogen) atoms. The lowest BCUT2D eigenvalue weighted by Gasteiger charge is -2.08. The molecule has 0 amide bonds. The summed E-state index contributed by atoms with van der Waals surface area (Å²) in [5, 5.41) is 8.76. The molecular formula is C10H13ClO3. The average Bonchev–Trinajstić information content (AvgIpc) is 2.03. The maximum atomic E-state index is 10.7. The van der Waals surface area contributed by atoms with E-state index >= 15 is 0 Å². The molecule has 1 N–H and O–H groups in total. The Bertz CT molecular complexity index is 324. The number of benzene rings is 1. The maximum Gasteiger partial charge on any atom is 0.335 e. The number of halogens is 1. The summed E-state index contributed by atoms with van der Waals surface area (Å²) in [6.07, 6.45) is 0. The van der Waals surface area contributed by atoms with E-state index in [1.807, 2.05) is 13.8 Å². The molecule has 1 aromatic rings. The molecule has 0 aliphatic heterocycles. The van der Waals surface area contributed by atoms with Gasteiger partial charge in [-0.1, -0.05) is 0 Å². The Balaban J connectivity index is 0.00000169. The Hall–Kier alpha value is -1.22. The summed E-state index contributed by atoms with van der Waals surface area (Å²) in [7, 11) is 1.58. The van der Waals surface area contributed by atoms with E-state index < -0.39 is 5.97 Å². The van der Waals surface area contributed by atoms with Gasteiger partial charge in [0.25, 0.3) is 0 Å². The first-order chi connectivity index (χ1) is 6.06. The number of aryl methyl sites for hydroxylation is 2. The van der Waals surface area contributed by atoms with Crippen molar-refractivity contribution in [2.24, 2.45) is 0 Å². The van der Waals surface area contributed by atoms with Crippen LogP contribution in [0.4, 0.5) is 0 Å². The van der Waals surface area contributed by atoms with Crippen molar-refractivity contribution in [3.05, 3.63) is 28.8 Å². The molecular weight excluding hydrogens is 204 g/mol. The van der Waals surface area contributed by atoms with Crippen LogP contribution in [0, 0.1) is 13.8 Å². The summed E-state index contributed by atoms with van der Waals surface area (Å²) in [5.41, 5.74) is 2.00. The molecule has 0 aliphatic carbocycles. The van der Waals surface area contributed by atoms with Gasteiger partial charge >= 0.3 is 5.97 Å². The first-order valence-corrected chi connectivity index (χ1v) is 3.94. The zero-order valence-electron chi connectivity index (χ0n) is 8.33. The van der Waals surface area contributed by atoms with E-state index in [4.69, 9.17) is 9.84 Å². The third-order valence-corrected chi connectivity index (χ3v) is 1.91. The maximum absolute atomic E-state index is 10.7. The fraction of sp³-hybridized carbons (Fsp3) is 0.300. The predicted molar refractivity (Wildman–Crippen MR) is 56.7 cm³/mol. The van der Waals surface area contributed by atoms with Crippen molar-refractivity contribution in [2.45, 2.75) is 13.8 Å². The normalized spacial score (nSPS) is 9.07. The minimum atomic E-state index is -0.908. The van der Waals surface area contributed by atoms with Crippen molar-refractivity contribution in [1.82, 2.24) is 0 Å². The number of carbonyl (C=O) groups is 1. The van der Waals surface area contributed by atoms with E-state index in [1.54, 1.807) is 19.2 Å². The van der Waals surface area contributed by atoms with Gasteiger partial charge in [0.1, 0.15) is 5.75 Å². The standard InChI is InChI=1S/C10H12O3.ClH/c1-6-4-8(10(11)12)5-7(2)9(6)13-3;/h4-5H,1-3H3,(H,11,12);1H. The fourth-order valence-electron chi connectivity index (χ4n) is 1.40. The molecule has 0 aromatic heterocycles. The molecule has 0 heterocycles. The number of hydrogen-bond acceptors (Lipinski definition) is 2. The number of aromatic carboxylic acids is 1. The molecule has 0 spiro atoms. The molecule has 4 heteroatoms. The highest BCUT2D eigenvalue weighted by Crippen LogP contribution is 2.23. The van der Waals surface area contributed by atoms with Crippen molar-refractivity contribution in [2.75, 3.05) is 7.11 Å². The van der Waals surface area contributed by atoms with Crippen LogP contribution in [0.25, 0.3) is 0 Å². The van der Waals surface area contributed by atoms with E-state index in [1.165, 1.54) is 0 Å². The van der Waals surface area contributed by atoms with Crippen LogP contribution < -0.4 is 4.74 Å². The Kier molecular flexibility index (Phi) is 4.44. The quantitative estimate of drug-likeness (QED) is 0.826. The third kappa shape index (κ3) is 2.39. The molecule has 3 nitrogen and oxygen atoms in total. The van der Waals surface area contributed by atoms with Crippen LogP contribution in [0.5, 0.6) is 5.75 Å². The Morgan fingerprint density at radius 1 is 1.29 bits per heavy atom. The summed E-state index contributed by atoms with van der Waals surface area (Å²) >= 11 is 0. The van der Waals surface area contributed by atoms with Crippen LogP contribution in [-0.2, 0) is 0 Å². The van der Waals surface area contributed by atoms with Gasteiger partial charge in [-0.3, -0.25) is 0 Å². The topological polar surface area (TPSA) is 46.5 Å². The Labute approximate surface area is 89.1 Å². The molecule has 1 aromatic carbocycles. The fourth-order valence-corrected chi connectivity index (χ4v) is 1.40. The smallest absolute Gasteiger partial charge is 0.335 e. The molecule has 0 saturated carbocycles. The van der Waals surface area contributed by atoms with Crippen molar-refractivity contribution in [3.63, 3.8) is 0 Å². The van der Waals surface area contributed by atoms with Crippen LogP contribution in [0.3, 0.4) is 0 Å². The highest BCUT2D eigenvalue weighted by molar-refractivity contribution is 5.88. The van der Waals surface area contributed by atoms with E-state index in [2.05, 4.69) is 0 Å². The lowest BCUT2D eigenvalue weighted by molar-refractivity contribution is 0.0696. The molecule has 1 rings (SSSR count). The number of ether oxygens (including phenoxy) is 1. The van der Waals surface area contributed by atoms with Gasteiger partial charge in [-0.05, 0) is 37.1 Å². The van der Waals surface area contributed by atoms with Crippen LogP contribution in [0.2, 0.25) is 0 Å². The Morgan fingerprint density at radius 3 is 2.00 bits per heavy atom. The number of methoxy groups -OCH3 is 1. The third-order valence-electron chi connectivity index (χ3n) is 1.91. The second kappa shape index (κ2) is 4.86. The SMILES string of the molecule is COc1c(C)cc(C(=O)O)cc1C.Cl. The van der Waals surface area contributed by atoms with Crippen molar-refractivity contribution >= 4 is 18.4 Å². The van der Waals surface area contributed by atoms with Gasteiger partial charge in [0.15, 0.2) is 0 Å². The van der Waals surface area contributed by atoms with Crippen LogP contribution in [0.15, 0.2) is 12.1 Å². The molecule has 0 aliphatic rings. The molecule has 78 valence electrons. The lowest BCUT2D eigenvalue weighted by atomic mass is 10.1. The summed E-state index contributed by atoms with van der Waals surface area (Å²) in [6, 6.07) is 3.21. The minimum Gasteiger partial charge on any atom is -0.496 e. The Morgan fingerprint density at radius 2 is 1.71 bits per heavy atom. The summed E-state index contributed by atoms with van der Waals surface area (Å²) in [5.74, 6) is -0.154. The second-order valence-corrected chi connectivity index (χ2v) is 2.95. The molecule has 0 radical (unpaired) electrons. The lowest BCUT2D eigenvalue weighted by Crippen LogP contribution is -1.99.